The molecule has 2 N–H and O–H groups in total. The minimum atomic E-state index is -0.541. The second-order valence-electron chi connectivity index (χ2n) is 7.76. The lowest BCUT2D eigenvalue weighted by atomic mass is 10.1. The van der Waals surface area contributed by atoms with Gasteiger partial charge in [-0.15, -0.1) is 0 Å². The van der Waals surface area contributed by atoms with E-state index >= 15 is 0 Å². The van der Waals surface area contributed by atoms with Gasteiger partial charge < -0.3 is 24.6 Å². The Hall–Kier alpha value is -1.34. The number of hydrogen-bond donors (Lipinski definition) is 2. The summed E-state index contributed by atoms with van der Waals surface area (Å²) in [5.74, 6) is 1.65. The monoisotopic (exact) mass is 378 g/mol. The molecular weight excluding hydrogens is 344 g/mol. The molecule has 0 amide bonds. The van der Waals surface area contributed by atoms with Gasteiger partial charge >= 0.3 is 0 Å². The van der Waals surface area contributed by atoms with Crippen molar-refractivity contribution < 1.29 is 19.7 Å². The molecule has 1 atom stereocenters. The van der Waals surface area contributed by atoms with E-state index in [-0.39, 0.29) is 12.7 Å². The number of likely N-dealkylation sites (tertiary alicyclic amines) is 1. The lowest BCUT2D eigenvalue weighted by Crippen LogP contribution is -2.41. The van der Waals surface area contributed by atoms with Crippen LogP contribution in [0, 0.1) is 0 Å². The van der Waals surface area contributed by atoms with Gasteiger partial charge in [0.15, 0.2) is 0 Å². The van der Waals surface area contributed by atoms with Crippen LogP contribution >= 0.6 is 0 Å². The van der Waals surface area contributed by atoms with Gasteiger partial charge in [-0.1, -0.05) is 6.92 Å². The molecule has 1 heterocycles. The molecule has 152 valence electrons. The molecule has 0 aromatic heterocycles. The van der Waals surface area contributed by atoms with Gasteiger partial charge in [-0.05, 0) is 50.4 Å². The van der Waals surface area contributed by atoms with Crippen LogP contribution in [0.3, 0.4) is 0 Å². The van der Waals surface area contributed by atoms with Gasteiger partial charge in [0.1, 0.15) is 24.2 Å². The molecule has 1 aromatic carbocycles. The molecular formula is C21H34N2O4. The summed E-state index contributed by atoms with van der Waals surface area (Å²) in [5.41, 5.74) is 1.11. The van der Waals surface area contributed by atoms with Crippen LogP contribution in [-0.2, 0) is 6.54 Å². The summed E-state index contributed by atoms with van der Waals surface area (Å²) in [6, 6.07) is 6.58. The quantitative estimate of drug-likeness (QED) is 0.648. The lowest BCUT2D eigenvalue weighted by Gasteiger charge is -2.31. The van der Waals surface area contributed by atoms with E-state index in [1.54, 1.807) is 7.11 Å². The van der Waals surface area contributed by atoms with Crippen LogP contribution in [0.5, 0.6) is 11.5 Å². The highest BCUT2D eigenvalue weighted by Gasteiger charge is 2.28. The van der Waals surface area contributed by atoms with Crippen molar-refractivity contribution in [3.8, 4) is 11.5 Å². The molecule has 1 aromatic rings. The normalized spacial score (nSPS) is 20.0. The highest BCUT2D eigenvalue weighted by molar-refractivity contribution is 5.40. The Bertz CT molecular complexity index is 586. The van der Waals surface area contributed by atoms with Gasteiger partial charge in [-0.2, -0.15) is 0 Å². The largest absolute Gasteiger partial charge is 0.497 e. The van der Waals surface area contributed by atoms with Gasteiger partial charge in [-0.3, -0.25) is 4.90 Å². The maximum atomic E-state index is 10.4. The SMILES string of the molecule is CCN(Cc1cc(OC)ccc1OC[C@H](O)CN1CCC(O)CC1)C1CC1. The summed E-state index contributed by atoms with van der Waals surface area (Å²) in [4.78, 5) is 4.67. The number of hydrogen-bond acceptors (Lipinski definition) is 6. The van der Waals surface area contributed by atoms with Gasteiger partial charge in [0.2, 0.25) is 0 Å². The van der Waals surface area contributed by atoms with Gasteiger partial charge in [0, 0.05) is 37.8 Å². The van der Waals surface area contributed by atoms with Crippen molar-refractivity contribution in [3.63, 3.8) is 0 Å². The molecule has 6 heteroatoms. The number of aliphatic hydroxyl groups is 2. The fourth-order valence-corrected chi connectivity index (χ4v) is 3.74. The molecule has 1 aliphatic carbocycles. The maximum absolute atomic E-state index is 10.4. The van der Waals surface area contributed by atoms with E-state index in [0.717, 1.165) is 56.1 Å². The molecule has 2 fully saturated rings. The first kappa shape index (κ1) is 20.4. The van der Waals surface area contributed by atoms with Crippen LogP contribution in [0.4, 0.5) is 0 Å². The van der Waals surface area contributed by atoms with Crippen LogP contribution in [-0.4, -0.2) is 78.2 Å². The Morgan fingerprint density at radius 3 is 2.59 bits per heavy atom. The Kier molecular flexibility index (Phi) is 7.35. The minimum absolute atomic E-state index is 0.190. The zero-order chi connectivity index (χ0) is 19.2. The van der Waals surface area contributed by atoms with Crippen LogP contribution < -0.4 is 9.47 Å². The van der Waals surface area contributed by atoms with Crippen molar-refractivity contribution in [2.75, 3.05) is 39.9 Å². The van der Waals surface area contributed by atoms with Crippen molar-refractivity contribution in [3.05, 3.63) is 23.8 Å². The molecule has 0 bridgehead atoms. The Labute approximate surface area is 162 Å². The van der Waals surface area contributed by atoms with E-state index in [1.165, 1.54) is 12.8 Å². The van der Waals surface area contributed by atoms with Crippen molar-refractivity contribution in [1.29, 1.82) is 0 Å². The van der Waals surface area contributed by atoms with E-state index in [9.17, 15) is 10.2 Å². The van der Waals surface area contributed by atoms with Crippen molar-refractivity contribution in [2.45, 2.75) is 57.4 Å². The summed E-state index contributed by atoms with van der Waals surface area (Å²) >= 11 is 0. The van der Waals surface area contributed by atoms with Gasteiger partial charge in [0.05, 0.1) is 13.2 Å². The molecule has 0 spiro atoms. The van der Waals surface area contributed by atoms with E-state index in [1.807, 2.05) is 18.2 Å². The molecule has 1 saturated heterocycles. The minimum Gasteiger partial charge on any atom is -0.497 e. The third kappa shape index (κ3) is 6.07. The number of ether oxygens (including phenoxy) is 2. The number of piperidine rings is 1. The number of rotatable bonds is 10. The first-order chi connectivity index (χ1) is 13.1. The predicted molar refractivity (Wildman–Crippen MR) is 105 cm³/mol. The second-order valence-corrected chi connectivity index (χ2v) is 7.76. The fourth-order valence-electron chi connectivity index (χ4n) is 3.74. The molecule has 3 rings (SSSR count). The van der Waals surface area contributed by atoms with Crippen molar-refractivity contribution >= 4 is 0 Å². The zero-order valence-electron chi connectivity index (χ0n) is 16.6. The van der Waals surface area contributed by atoms with Crippen LogP contribution in [0.2, 0.25) is 0 Å². The smallest absolute Gasteiger partial charge is 0.124 e. The Balaban J connectivity index is 1.56. The summed E-state index contributed by atoms with van der Waals surface area (Å²) in [7, 11) is 1.68. The molecule has 1 saturated carbocycles. The molecule has 0 radical (unpaired) electrons. The van der Waals surface area contributed by atoms with E-state index in [0.29, 0.717) is 12.6 Å². The summed E-state index contributed by atoms with van der Waals surface area (Å²) in [5, 5.41) is 20.0. The molecule has 27 heavy (non-hydrogen) atoms. The topological polar surface area (TPSA) is 65.4 Å². The van der Waals surface area contributed by atoms with E-state index in [4.69, 9.17) is 9.47 Å². The lowest BCUT2D eigenvalue weighted by molar-refractivity contribution is 0.0335. The van der Waals surface area contributed by atoms with E-state index in [2.05, 4.69) is 16.7 Å². The van der Waals surface area contributed by atoms with Gasteiger partial charge in [0.25, 0.3) is 0 Å². The Morgan fingerprint density at radius 2 is 1.96 bits per heavy atom. The standard InChI is InChI=1S/C21H34N2O4/c1-3-23(17-4-5-17)13-16-12-20(26-2)6-7-21(16)27-15-19(25)14-22-10-8-18(24)9-11-22/h6-7,12,17-19,24-25H,3-5,8-11,13-15H2,1-2H3/t19-/m1/s1. The van der Waals surface area contributed by atoms with Crippen molar-refractivity contribution in [2.24, 2.45) is 0 Å². The third-order valence-corrected chi connectivity index (χ3v) is 5.57. The second kappa shape index (κ2) is 9.73. The van der Waals surface area contributed by atoms with Crippen LogP contribution in [0.25, 0.3) is 0 Å². The number of benzene rings is 1. The van der Waals surface area contributed by atoms with Crippen LogP contribution in [0.1, 0.15) is 38.2 Å². The highest BCUT2D eigenvalue weighted by atomic mass is 16.5. The fraction of sp³-hybridized carbons (Fsp3) is 0.714. The number of nitrogens with zero attached hydrogens (tertiary/aromatic N) is 2. The number of β-amino-alcohol motifs (C(OH)–C–C–N with tert-alkyl or cyclic N) is 1. The molecule has 1 aliphatic heterocycles. The van der Waals surface area contributed by atoms with Crippen molar-refractivity contribution in [1.82, 2.24) is 9.80 Å². The van der Waals surface area contributed by atoms with Crippen LogP contribution in [0.15, 0.2) is 18.2 Å². The van der Waals surface area contributed by atoms with E-state index < -0.39 is 6.10 Å². The first-order valence-electron chi connectivity index (χ1n) is 10.2. The highest BCUT2D eigenvalue weighted by Crippen LogP contribution is 2.31. The molecule has 2 aliphatic rings. The summed E-state index contributed by atoms with van der Waals surface area (Å²) in [6.45, 7) is 6.57. The molecule has 0 unspecified atom stereocenters. The average Bonchev–Trinajstić information content (AvgIpc) is 3.51. The maximum Gasteiger partial charge on any atom is 0.124 e. The number of methoxy groups -OCH3 is 1. The predicted octanol–water partition coefficient (Wildman–Crippen LogP) is 1.88. The summed E-state index contributed by atoms with van der Waals surface area (Å²) in [6.07, 6.45) is 3.38. The zero-order valence-corrected chi connectivity index (χ0v) is 16.6. The molecule has 6 nitrogen and oxygen atoms in total. The van der Waals surface area contributed by atoms with Gasteiger partial charge in [-0.25, -0.2) is 0 Å². The third-order valence-electron chi connectivity index (χ3n) is 5.57. The number of aliphatic hydroxyl groups excluding tert-OH is 2. The summed E-state index contributed by atoms with van der Waals surface area (Å²) < 4.78 is 11.4. The Morgan fingerprint density at radius 1 is 1.22 bits per heavy atom. The first-order valence-corrected chi connectivity index (χ1v) is 10.2. The average molecular weight is 379 g/mol.